The molecule has 1 aromatic rings. The molecule has 1 aromatic heterocycles. The molecule has 102 valence electrons. The molecular weight excluding hydrogens is 226 g/mol. The Hall–Kier alpha value is -0.900. The van der Waals surface area contributed by atoms with Gasteiger partial charge in [-0.3, -0.25) is 0 Å². The number of aromatic nitrogens is 3. The molecule has 2 rings (SSSR count). The topological polar surface area (TPSA) is 50.9 Å². The van der Waals surface area contributed by atoms with Gasteiger partial charge in [-0.2, -0.15) is 5.10 Å². The Morgan fingerprint density at radius 2 is 1.89 bits per heavy atom. The minimum Gasteiger partial charge on any atom is -0.389 e. The molecule has 0 aliphatic heterocycles. The molecule has 0 amide bonds. The summed E-state index contributed by atoms with van der Waals surface area (Å²) in [7, 11) is 0. The monoisotopic (exact) mass is 251 g/mol. The van der Waals surface area contributed by atoms with Crippen LogP contribution in [0.1, 0.15) is 65.2 Å². The van der Waals surface area contributed by atoms with Crippen LogP contribution >= 0.6 is 0 Å². The Balaban J connectivity index is 2.07. The number of hydrogen-bond donors (Lipinski definition) is 1. The van der Waals surface area contributed by atoms with Gasteiger partial charge in [0.15, 0.2) is 0 Å². The van der Waals surface area contributed by atoms with Gasteiger partial charge < -0.3 is 5.11 Å². The average Bonchev–Trinajstić information content (AvgIpc) is 2.71. The zero-order chi connectivity index (χ0) is 13.4. The zero-order valence-electron chi connectivity index (χ0n) is 12.0. The highest BCUT2D eigenvalue weighted by molar-refractivity contribution is 4.99. The maximum atomic E-state index is 10.7. The molecule has 0 radical (unpaired) electrons. The molecule has 1 N–H and O–H groups in total. The predicted octanol–water partition coefficient (Wildman–Crippen LogP) is 2.73. The summed E-state index contributed by atoms with van der Waals surface area (Å²) in [6.45, 7) is 8.74. The fourth-order valence-electron chi connectivity index (χ4n) is 2.70. The molecular formula is C14H25N3O. The zero-order valence-corrected chi connectivity index (χ0v) is 12.0. The molecule has 1 aliphatic rings. The van der Waals surface area contributed by atoms with Gasteiger partial charge >= 0.3 is 0 Å². The van der Waals surface area contributed by atoms with Crippen molar-refractivity contribution in [2.45, 2.75) is 71.4 Å². The second kappa shape index (κ2) is 4.65. The van der Waals surface area contributed by atoms with Gasteiger partial charge in [-0.1, -0.05) is 13.8 Å². The Morgan fingerprint density at radius 3 is 2.44 bits per heavy atom. The van der Waals surface area contributed by atoms with Crippen LogP contribution in [0.25, 0.3) is 0 Å². The van der Waals surface area contributed by atoms with Gasteiger partial charge in [-0.15, -0.1) is 0 Å². The minimum absolute atomic E-state index is 0.297. The lowest BCUT2D eigenvalue weighted by molar-refractivity contribution is -0.0273. The second-order valence-corrected chi connectivity index (χ2v) is 6.78. The van der Waals surface area contributed by atoms with Crippen molar-refractivity contribution in [3.63, 3.8) is 0 Å². The van der Waals surface area contributed by atoms with Gasteiger partial charge in [0.1, 0.15) is 12.2 Å². The molecule has 4 nitrogen and oxygen atoms in total. The lowest BCUT2D eigenvalue weighted by Gasteiger charge is -2.40. The van der Waals surface area contributed by atoms with E-state index in [0.717, 1.165) is 31.5 Å². The van der Waals surface area contributed by atoms with E-state index in [9.17, 15) is 5.11 Å². The van der Waals surface area contributed by atoms with Crippen LogP contribution in [-0.4, -0.2) is 25.5 Å². The quantitative estimate of drug-likeness (QED) is 0.898. The summed E-state index contributed by atoms with van der Waals surface area (Å²) in [6, 6.07) is 0.297. The van der Waals surface area contributed by atoms with E-state index < -0.39 is 5.60 Å². The van der Waals surface area contributed by atoms with Gasteiger partial charge in [0.05, 0.1) is 5.60 Å². The van der Waals surface area contributed by atoms with Crippen molar-refractivity contribution in [2.75, 3.05) is 0 Å². The van der Waals surface area contributed by atoms with E-state index >= 15 is 0 Å². The molecule has 1 aliphatic carbocycles. The van der Waals surface area contributed by atoms with E-state index in [2.05, 4.69) is 37.8 Å². The van der Waals surface area contributed by atoms with Gasteiger partial charge in [-0.05, 0) is 44.9 Å². The van der Waals surface area contributed by atoms with Crippen molar-refractivity contribution in [1.29, 1.82) is 0 Å². The largest absolute Gasteiger partial charge is 0.389 e. The van der Waals surface area contributed by atoms with E-state index in [-0.39, 0.29) is 0 Å². The first-order chi connectivity index (χ1) is 8.31. The standard InChI is InChI=1S/C14H25N3O/c1-11(2)17-12(15-10-16-17)9-14(18)7-5-13(3,4)6-8-14/h10-11,18H,5-9H2,1-4H3. The van der Waals surface area contributed by atoms with Crippen molar-refractivity contribution in [2.24, 2.45) is 5.41 Å². The lowest BCUT2D eigenvalue weighted by atomic mass is 9.70. The molecule has 0 atom stereocenters. The first kappa shape index (κ1) is 13.5. The summed E-state index contributed by atoms with van der Waals surface area (Å²) < 4.78 is 1.91. The van der Waals surface area contributed by atoms with E-state index in [4.69, 9.17) is 0 Å². The van der Waals surface area contributed by atoms with E-state index in [0.29, 0.717) is 17.9 Å². The van der Waals surface area contributed by atoms with Crippen LogP contribution in [0.2, 0.25) is 0 Å². The minimum atomic E-state index is -0.588. The van der Waals surface area contributed by atoms with Crippen molar-refractivity contribution >= 4 is 0 Å². The first-order valence-corrected chi connectivity index (χ1v) is 6.92. The van der Waals surface area contributed by atoms with Crippen LogP contribution < -0.4 is 0 Å². The summed E-state index contributed by atoms with van der Waals surface area (Å²) in [6.07, 6.45) is 6.11. The SMILES string of the molecule is CC(C)n1ncnc1CC1(O)CCC(C)(C)CC1. The van der Waals surface area contributed by atoms with Crippen molar-refractivity contribution in [3.05, 3.63) is 12.2 Å². The molecule has 0 unspecified atom stereocenters. The van der Waals surface area contributed by atoms with Gasteiger partial charge in [0, 0.05) is 12.5 Å². The van der Waals surface area contributed by atoms with E-state index in [1.54, 1.807) is 6.33 Å². The van der Waals surface area contributed by atoms with Gasteiger partial charge in [-0.25, -0.2) is 9.67 Å². The molecule has 1 saturated carbocycles. The lowest BCUT2D eigenvalue weighted by Crippen LogP contribution is -2.39. The van der Waals surface area contributed by atoms with Crippen LogP contribution in [0.3, 0.4) is 0 Å². The Morgan fingerprint density at radius 1 is 1.28 bits per heavy atom. The normalized spacial score (nSPS) is 22.3. The Bertz CT molecular complexity index is 399. The Kier molecular flexibility index (Phi) is 3.49. The average molecular weight is 251 g/mol. The van der Waals surface area contributed by atoms with Crippen molar-refractivity contribution in [3.8, 4) is 0 Å². The van der Waals surface area contributed by atoms with Crippen molar-refractivity contribution < 1.29 is 5.11 Å². The summed E-state index contributed by atoms with van der Waals surface area (Å²) in [5.74, 6) is 0.909. The van der Waals surface area contributed by atoms with Crippen LogP contribution in [-0.2, 0) is 6.42 Å². The summed E-state index contributed by atoms with van der Waals surface area (Å²) in [4.78, 5) is 4.30. The number of nitrogens with zero attached hydrogens (tertiary/aromatic N) is 3. The molecule has 18 heavy (non-hydrogen) atoms. The van der Waals surface area contributed by atoms with Crippen molar-refractivity contribution in [1.82, 2.24) is 14.8 Å². The maximum Gasteiger partial charge on any atom is 0.138 e. The molecule has 1 heterocycles. The fraction of sp³-hybridized carbons (Fsp3) is 0.857. The van der Waals surface area contributed by atoms with Crippen LogP contribution in [0.4, 0.5) is 0 Å². The molecule has 0 bridgehead atoms. The number of aliphatic hydroxyl groups is 1. The number of hydrogen-bond acceptors (Lipinski definition) is 3. The highest BCUT2D eigenvalue weighted by Gasteiger charge is 2.37. The molecule has 1 fully saturated rings. The highest BCUT2D eigenvalue weighted by atomic mass is 16.3. The van der Waals surface area contributed by atoms with Crippen LogP contribution in [0.5, 0.6) is 0 Å². The fourth-order valence-corrected chi connectivity index (χ4v) is 2.70. The van der Waals surface area contributed by atoms with E-state index in [1.165, 1.54) is 0 Å². The predicted molar refractivity (Wildman–Crippen MR) is 71.3 cm³/mol. The third kappa shape index (κ3) is 2.91. The van der Waals surface area contributed by atoms with Gasteiger partial charge in [0.25, 0.3) is 0 Å². The molecule has 0 saturated heterocycles. The van der Waals surface area contributed by atoms with Gasteiger partial charge in [0.2, 0.25) is 0 Å². The smallest absolute Gasteiger partial charge is 0.138 e. The molecule has 4 heteroatoms. The summed E-state index contributed by atoms with van der Waals surface area (Å²) >= 11 is 0. The molecule has 0 aromatic carbocycles. The van der Waals surface area contributed by atoms with E-state index in [1.807, 2.05) is 4.68 Å². The first-order valence-electron chi connectivity index (χ1n) is 6.92. The Labute approximate surface area is 109 Å². The second-order valence-electron chi connectivity index (χ2n) is 6.78. The third-order valence-electron chi connectivity index (χ3n) is 4.16. The summed E-state index contributed by atoms with van der Waals surface area (Å²) in [5.41, 5.74) is -0.215. The summed E-state index contributed by atoms with van der Waals surface area (Å²) in [5, 5.41) is 14.9. The third-order valence-corrected chi connectivity index (χ3v) is 4.16. The maximum absolute atomic E-state index is 10.7. The van der Waals surface area contributed by atoms with Crippen LogP contribution in [0.15, 0.2) is 6.33 Å². The number of rotatable bonds is 3. The molecule has 0 spiro atoms. The van der Waals surface area contributed by atoms with Crippen LogP contribution in [0, 0.1) is 5.41 Å². The highest BCUT2D eigenvalue weighted by Crippen LogP contribution is 2.41.